The van der Waals surface area contributed by atoms with Gasteiger partial charge in [0.05, 0.1) is 17.5 Å². The number of methoxy groups -OCH3 is 2. The van der Waals surface area contributed by atoms with E-state index in [-0.39, 0.29) is 5.75 Å². The smallest absolute Gasteiger partial charge is 0.416 e. The van der Waals surface area contributed by atoms with Gasteiger partial charge < -0.3 is 28.4 Å². The Hall–Kier alpha value is -3.26. The minimum Gasteiger partial charge on any atom is -0.416 e. The Labute approximate surface area is 211 Å². The van der Waals surface area contributed by atoms with Gasteiger partial charge >= 0.3 is 12.5 Å². The predicted molar refractivity (Wildman–Crippen MR) is 125 cm³/mol. The molecule has 2 aromatic rings. The molecule has 1 heterocycles. The van der Waals surface area contributed by atoms with Gasteiger partial charge in [-0.05, 0) is 62.4 Å². The molecule has 13 heteroatoms. The fourth-order valence-corrected chi connectivity index (χ4v) is 3.72. The Kier molecular flexibility index (Phi) is 9.80. The number of hydrogen-bond acceptors (Lipinski definition) is 9. The van der Waals surface area contributed by atoms with Crippen molar-refractivity contribution in [1.82, 2.24) is 0 Å². The number of carbonyl (C=O) groups excluding carboxylic acids is 1. The van der Waals surface area contributed by atoms with Crippen molar-refractivity contribution in [2.45, 2.75) is 50.9 Å². The van der Waals surface area contributed by atoms with Crippen LogP contribution >= 0.6 is 0 Å². The monoisotopic (exact) mass is 527 g/mol. The van der Waals surface area contributed by atoms with Crippen LogP contribution in [0, 0.1) is 0 Å². The largest absolute Gasteiger partial charge is 0.573 e. The zero-order valence-corrected chi connectivity index (χ0v) is 20.6. The zero-order chi connectivity index (χ0) is 27.0. The van der Waals surface area contributed by atoms with Crippen LogP contribution < -0.4 is 10.1 Å². The molecule has 0 bridgehead atoms. The van der Waals surface area contributed by atoms with E-state index in [0.29, 0.717) is 23.7 Å². The Morgan fingerprint density at radius 1 is 0.946 bits per heavy atom. The first-order valence-electron chi connectivity index (χ1n) is 11.3. The highest BCUT2D eigenvalue weighted by Crippen LogP contribution is 2.29. The van der Waals surface area contributed by atoms with Crippen LogP contribution in [0.5, 0.6) is 5.75 Å². The molecule has 3 rings (SSSR count). The molecular formula is C24H28F3N3O7. The SMILES string of the molecule is CCO[C@@H]1[C@@H](OC)[C@H](C)O[C@@H](OC(=O)Nc2ccc(/N=N/c3ccc(OC(F)(F)F)cc3)cc2)[C@@H]1OC. The first kappa shape index (κ1) is 28.3. The van der Waals surface area contributed by atoms with Crippen molar-refractivity contribution in [1.29, 1.82) is 0 Å². The third kappa shape index (κ3) is 8.12. The van der Waals surface area contributed by atoms with Crippen molar-refractivity contribution in [2.75, 3.05) is 26.1 Å². The molecule has 1 fully saturated rings. The maximum absolute atomic E-state index is 12.5. The van der Waals surface area contributed by atoms with Crippen LogP contribution in [0.25, 0.3) is 0 Å². The maximum Gasteiger partial charge on any atom is 0.573 e. The lowest BCUT2D eigenvalue weighted by molar-refractivity contribution is -0.292. The summed E-state index contributed by atoms with van der Waals surface area (Å²) in [5, 5.41) is 10.6. The van der Waals surface area contributed by atoms with Crippen molar-refractivity contribution in [2.24, 2.45) is 10.2 Å². The number of anilines is 1. The number of hydrogen-bond donors (Lipinski definition) is 1. The molecule has 5 atom stereocenters. The lowest BCUT2D eigenvalue weighted by atomic mass is 9.99. The van der Waals surface area contributed by atoms with Crippen LogP contribution in [-0.4, -0.2) is 64.0 Å². The molecule has 0 spiro atoms. The molecule has 202 valence electrons. The number of carbonyl (C=O) groups is 1. The highest BCUT2D eigenvalue weighted by atomic mass is 19.4. The van der Waals surface area contributed by atoms with Crippen molar-refractivity contribution >= 4 is 23.2 Å². The van der Waals surface area contributed by atoms with Gasteiger partial charge in [0.2, 0.25) is 6.29 Å². The average Bonchev–Trinajstić information content (AvgIpc) is 2.84. The van der Waals surface area contributed by atoms with Crippen molar-refractivity contribution < 1.29 is 46.4 Å². The molecule has 1 amide bonds. The van der Waals surface area contributed by atoms with Gasteiger partial charge in [-0.1, -0.05) is 0 Å². The molecular weight excluding hydrogens is 499 g/mol. The van der Waals surface area contributed by atoms with Crippen LogP contribution in [0.4, 0.5) is 35.0 Å². The highest BCUT2D eigenvalue weighted by molar-refractivity contribution is 5.84. The summed E-state index contributed by atoms with van der Waals surface area (Å²) < 4.78 is 68.5. The molecule has 0 saturated carbocycles. The van der Waals surface area contributed by atoms with E-state index < -0.39 is 43.2 Å². The van der Waals surface area contributed by atoms with Crippen LogP contribution in [0.2, 0.25) is 0 Å². The maximum atomic E-state index is 12.5. The number of rotatable bonds is 9. The zero-order valence-electron chi connectivity index (χ0n) is 20.6. The molecule has 1 N–H and O–H groups in total. The van der Waals surface area contributed by atoms with Crippen molar-refractivity contribution in [3.63, 3.8) is 0 Å². The number of benzene rings is 2. The minimum atomic E-state index is -4.77. The quantitative estimate of drug-likeness (QED) is 0.415. The second-order valence-corrected chi connectivity index (χ2v) is 7.85. The summed E-state index contributed by atoms with van der Waals surface area (Å²) in [6, 6.07) is 11.3. The fourth-order valence-electron chi connectivity index (χ4n) is 3.72. The normalized spacial score (nSPS) is 24.1. The van der Waals surface area contributed by atoms with Gasteiger partial charge in [0.15, 0.2) is 0 Å². The number of nitrogens with zero attached hydrogens (tertiary/aromatic N) is 2. The Bertz CT molecular complexity index is 1040. The predicted octanol–water partition coefficient (Wildman–Crippen LogP) is 5.73. The summed E-state index contributed by atoms with van der Waals surface area (Å²) in [5.74, 6) is -0.356. The molecule has 0 aromatic heterocycles. The summed E-state index contributed by atoms with van der Waals surface area (Å²) in [6.07, 6.45) is -8.57. The molecule has 1 aliphatic rings. The number of amides is 1. The van der Waals surface area contributed by atoms with Crippen molar-refractivity contribution in [3.05, 3.63) is 48.5 Å². The summed E-state index contributed by atoms with van der Waals surface area (Å²) in [7, 11) is 3.01. The standard InChI is InChI=1S/C24H28F3N3O7/c1-5-34-20-19(32-3)14(2)35-22(21(20)33-4)36-23(31)28-15-6-8-16(9-7-15)29-30-17-10-12-18(13-11-17)37-24(25,26)27/h6-14,19-22H,5H2,1-4H3,(H,28,31)/b30-29+/t14-,19-,20+,21+,22-/m0/s1. The number of halogens is 3. The number of alkyl halides is 3. The summed E-state index contributed by atoms with van der Waals surface area (Å²) >= 11 is 0. The van der Waals surface area contributed by atoms with E-state index in [1.54, 1.807) is 38.3 Å². The average molecular weight is 527 g/mol. The van der Waals surface area contributed by atoms with Crippen molar-refractivity contribution in [3.8, 4) is 5.75 Å². The summed E-state index contributed by atoms with van der Waals surface area (Å²) in [4.78, 5) is 12.5. The second-order valence-electron chi connectivity index (χ2n) is 7.85. The Morgan fingerprint density at radius 2 is 1.51 bits per heavy atom. The lowest BCUT2D eigenvalue weighted by Crippen LogP contribution is -2.60. The number of azo groups is 1. The van der Waals surface area contributed by atoms with Gasteiger partial charge in [0.25, 0.3) is 0 Å². The van der Waals surface area contributed by atoms with E-state index in [4.69, 9.17) is 23.7 Å². The highest BCUT2D eigenvalue weighted by Gasteiger charge is 2.47. The van der Waals surface area contributed by atoms with E-state index in [2.05, 4.69) is 20.3 Å². The van der Waals surface area contributed by atoms with Crippen LogP contribution in [0.1, 0.15) is 13.8 Å². The molecule has 0 radical (unpaired) electrons. The van der Waals surface area contributed by atoms with Gasteiger partial charge in [-0.3, -0.25) is 5.32 Å². The number of nitrogens with one attached hydrogen (secondary N) is 1. The Balaban J connectivity index is 1.57. The molecule has 1 aliphatic heterocycles. The molecule has 0 unspecified atom stereocenters. The van der Waals surface area contributed by atoms with Gasteiger partial charge in [-0.15, -0.1) is 13.2 Å². The fraction of sp³-hybridized carbons (Fsp3) is 0.458. The molecule has 37 heavy (non-hydrogen) atoms. The summed E-state index contributed by atoms with van der Waals surface area (Å²) in [6.45, 7) is 4.05. The first-order chi connectivity index (χ1) is 17.6. The number of ether oxygens (including phenoxy) is 6. The molecule has 10 nitrogen and oxygen atoms in total. The minimum absolute atomic E-state index is 0.329. The van der Waals surface area contributed by atoms with Crippen LogP contribution in [0.3, 0.4) is 0 Å². The van der Waals surface area contributed by atoms with Gasteiger partial charge in [0.1, 0.15) is 24.1 Å². The van der Waals surface area contributed by atoms with E-state index >= 15 is 0 Å². The van der Waals surface area contributed by atoms with Crippen LogP contribution in [0.15, 0.2) is 58.8 Å². The first-order valence-corrected chi connectivity index (χ1v) is 11.3. The van der Waals surface area contributed by atoms with E-state index in [1.807, 2.05) is 6.92 Å². The third-order valence-electron chi connectivity index (χ3n) is 5.32. The second kappa shape index (κ2) is 12.8. The van der Waals surface area contributed by atoms with Gasteiger partial charge in [0, 0.05) is 26.5 Å². The van der Waals surface area contributed by atoms with E-state index in [1.165, 1.54) is 19.2 Å². The topological polar surface area (TPSA) is 109 Å². The van der Waals surface area contributed by atoms with Gasteiger partial charge in [-0.2, -0.15) is 10.2 Å². The van der Waals surface area contributed by atoms with Gasteiger partial charge in [-0.25, -0.2) is 4.79 Å². The lowest BCUT2D eigenvalue weighted by Gasteiger charge is -2.43. The van der Waals surface area contributed by atoms with E-state index in [0.717, 1.165) is 12.1 Å². The molecule has 2 aromatic carbocycles. The Morgan fingerprint density at radius 3 is 2.03 bits per heavy atom. The van der Waals surface area contributed by atoms with Crippen LogP contribution in [-0.2, 0) is 23.7 Å². The molecule has 1 saturated heterocycles. The molecule has 0 aliphatic carbocycles. The summed E-state index contributed by atoms with van der Waals surface area (Å²) in [5.41, 5.74) is 1.20. The third-order valence-corrected chi connectivity index (χ3v) is 5.32. The van der Waals surface area contributed by atoms with E-state index in [9.17, 15) is 18.0 Å².